The molecule has 0 spiro atoms. The van der Waals surface area contributed by atoms with Crippen molar-refractivity contribution in [2.45, 2.75) is 31.8 Å². The van der Waals surface area contributed by atoms with Gasteiger partial charge in [0, 0.05) is 18.8 Å². The van der Waals surface area contributed by atoms with Crippen LogP contribution in [0.15, 0.2) is 64.9 Å². The Morgan fingerprint density at radius 2 is 1.77 bits per heavy atom. The van der Waals surface area contributed by atoms with E-state index < -0.39 is 15.9 Å². The molecule has 0 unspecified atom stereocenters. The Balaban J connectivity index is 1.69. The van der Waals surface area contributed by atoms with Crippen LogP contribution >= 0.6 is 11.3 Å². The number of carbonyl (C=O) groups is 1. The van der Waals surface area contributed by atoms with Gasteiger partial charge in [0.1, 0.15) is 9.77 Å². The van der Waals surface area contributed by atoms with E-state index in [1.165, 1.54) is 6.07 Å². The lowest BCUT2D eigenvalue weighted by Crippen LogP contribution is -2.25. The molecule has 0 saturated carbocycles. The second-order valence-corrected chi connectivity index (χ2v) is 9.99. The van der Waals surface area contributed by atoms with Gasteiger partial charge in [-0.05, 0) is 55.2 Å². The number of thiophene rings is 1. The van der Waals surface area contributed by atoms with Gasteiger partial charge in [-0.1, -0.05) is 48.9 Å². The van der Waals surface area contributed by atoms with Crippen LogP contribution in [0.4, 0.5) is 5.69 Å². The first-order valence-electron chi connectivity index (χ1n) is 10.00. The van der Waals surface area contributed by atoms with Crippen LogP contribution in [0.5, 0.6) is 0 Å². The molecule has 3 rings (SSSR count). The summed E-state index contributed by atoms with van der Waals surface area (Å²) in [5.74, 6) is -0.407. The van der Waals surface area contributed by atoms with Crippen LogP contribution in [-0.2, 0) is 23.1 Å². The summed E-state index contributed by atoms with van der Waals surface area (Å²) in [6, 6.07) is 16.5. The molecule has 0 saturated heterocycles. The van der Waals surface area contributed by atoms with Crippen molar-refractivity contribution < 1.29 is 13.2 Å². The van der Waals surface area contributed by atoms with Crippen LogP contribution in [0.3, 0.4) is 0 Å². The lowest BCUT2D eigenvalue weighted by Gasteiger charge is -2.14. The number of amides is 1. The monoisotopic (exact) mass is 457 g/mol. The largest absolute Gasteiger partial charge is 0.347 e. The topological polar surface area (TPSA) is 78.5 Å². The lowest BCUT2D eigenvalue weighted by atomic mass is 10.1. The molecule has 0 aliphatic heterocycles. The van der Waals surface area contributed by atoms with E-state index >= 15 is 0 Å². The summed E-state index contributed by atoms with van der Waals surface area (Å²) in [6.07, 6.45) is 0. The SMILES string of the molecule is CCN(C)Cc1cccc(CNC(=O)c2sccc2S(=O)(=O)Nc2ccc(C)cc2)c1. The van der Waals surface area contributed by atoms with E-state index in [2.05, 4.69) is 41.0 Å². The molecular formula is C23H27N3O3S2. The third kappa shape index (κ3) is 6.16. The first-order valence-corrected chi connectivity index (χ1v) is 12.4. The van der Waals surface area contributed by atoms with E-state index in [4.69, 9.17) is 0 Å². The molecule has 0 bridgehead atoms. The molecule has 2 aromatic carbocycles. The molecule has 3 aromatic rings. The van der Waals surface area contributed by atoms with Gasteiger partial charge in [-0.3, -0.25) is 9.52 Å². The first kappa shape index (κ1) is 23.0. The van der Waals surface area contributed by atoms with Crippen molar-refractivity contribution in [1.29, 1.82) is 0 Å². The van der Waals surface area contributed by atoms with Crippen LogP contribution in [0.2, 0.25) is 0 Å². The molecular weight excluding hydrogens is 430 g/mol. The van der Waals surface area contributed by atoms with Crippen LogP contribution in [0.1, 0.15) is 33.3 Å². The molecule has 1 heterocycles. The normalized spacial score (nSPS) is 11.5. The zero-order valence-corrected chi connectivity index (χ0v) is 19.5. The van der Waals surface area contributed by atoms with E-state index in [0.29, 0.717) is 12.2 Å². The minimum absolute atomic E-state index is 0.0195. The number of hydrogen-bond acceptors (Lipinski definition) is 5. The van der Waals surface area contributed by atoms with Gasteiger partial charge in [-0.2, -0.15) is 0 Å². The number of benzene rings is 2. The fourth-order valence-electron chi connectivity index (χ4n) is 3.03. The molecule has 6 nitrogen and oxygen atoms in total. The standard InChI is InChI=1S/C23H27N3O3S2/c1-4-26(3)16-19-7-5-6-18(14-19)15-24-23(27)22-21(12-13-30-22)31(28,29)25-20-10-8-17(2)9-11-20/h5-14,25H,4,15-16H2,1-3H3,(H,24,27). The molecule has 0 aliphatic rings. The number of nitrogens with zero attached hydrogens (tertiary/aromatic N) is 1. The van der Waals surface area contributed by atoms with E-state index in [-0.39, 0.29) is 9.77 Å². The molecule has 0 aliphatic carbocycles. The van der Waals surface area contributed by atoms with Crippen molar-refractivity contribution in [3.8, 4) is 0 Å². The van der Waals surface area contributed by atoms with E-state index in [1.54, 1.807) is 17.5 Å². The van der Waals surface area contributed by atoms with Crippen LogP contribution in [0, 0.1) is 6.92 Å². The van der Waals surface area contributed by atoms with Gasteiger partial charge in [0.2, 0.25) is 0 Å². The van der Waals surface area contributed by atoms with Gasteiger partial charge in [-0.15, -0.1) is 11.3 Å². The summed E-state index contributed by atoms with van der Waals surface area (Å²) < 4.78 is 28.2. The summed E-state index contributed by atoms with van der Waals surface area (Å²) in [5, 5.41) is 4.46. The average Bonchev–Trinajstić information content (AvgIpc) is 3.25. The van der Waals surface area contributed by atoms with Crippen molar-refractivity contribution >= 4 is 33.0 Å². The van der Waals surface area contributed by atoms with Gasteiger partial charge in [0.15, 0.2) is 0 Å². The van der Waals surface area contributed by atoms with Crippen LogP contribution < -0.4 is 10.0 Å². The number of anilines is 1. The highest BCUT2D eigenvalue weighted by Gasteiger charge is 2.24. The quantitative estimate of drug-likeness (QED) is 0.504. The van der Waals surface area contributed by atoms with Crippen molar-refractivity contribution in [2.24, 2.45) is 0 Å². The Labute approximate surface area is 188 Å². The molecule has 164 valence electrons. The number of nitrogens with one attached hydrogen (secondary N) is 2. The number of aryl methyl sites for hydroxylation is 1. The number of sulfonamides is 1. The minimum Gasteiger partial charge on any atom is -0.347 e. The molecule has 0 atom stereocenters. The zero-order chi connectivity index (χ0) is 22.4. The van der Waals surface area contributed by atoms with E-state index in [0.717, 1.165) is 41.1 Å². The Hall–Kier alpha value is -2.68. The number of rotatable bonds is 9. The van der Waals surface area contributed by atoms with Gasteiger partial charge in [-0.25, -0.2) is 8.42 Å². The lowest BCUT2D eigenvalue weighted by molar-refractivity contribution is 0.0952. The van der Waals surface area contributed by atoms with E-state index in [1.807, 2.05) is 31.2 Å². The molecule has 1 amide bonds. The van der Waals surface area contributed by atoms with Gasteiger partial charge >= 0.3 is 0 Å². The summed E-state index contributed by atoms with van der Waals surface area (Å²) in [5.41, 5.74) is 3.62. The second kappa shape index (κ2) is 10.1. The highest BCUT2D eigenvalue weighted by Crippen LogP contribution is 2.24. The molecule has 8 heteroatoms. The fraction of sp³-hybridized carbons (Fsp3) is 0.261. The van der Waals surface area contributed by atoms with Crippen molar-refractivity contribution in [1.82, 2.24) is 10.2 Å². The maximum atomic E-state index is 12.8. The van der Waals surface area contributed by atoms with Gasteiger partial charge < -0.3 is 10.2 Å². The Morgan fingerprint density at radius 3 is 2.48 bits per heavy atom. The fourth-order valence-corrected chi connectivity index (χ4v) is 5.43. The third-order valence-electron chi connectivity index (χ3n) is 4.87. The molecule has 31 heavy (non-hydrogen) atoms. The maximum Gasteiger partial charge on any atom is 0.263 e. The Kier molecular flexibility index (Phi) is 7.48. The highest BCUT2D eigenvalue weighted by molar-refractivity contribution is 7.93. The van der Waals surface area contributed by atoms with Crippen molar-refractivity contribution in [2.75, 3.05) is 18.3 Å². The van der Waals surface area contributed by atoms with Crippen molar-refractivity contribution in [3.63, 3.8) is 0 Å². The molecule has 1 aromatic heterocycles. The summed E-state index contributed by atoms with van der Waals surface area (Å²) in [4.78, 5) is 15.1. The van der Waals surface area contributed by atoms with Gasteiger partial charge in [0.05, 0.1) is 0 Å². The van der Waals surface area contributed by atoms with Gasteiger partial charge in [0.25, 0.3) is 15.9 Å². The number of carbonyl (C=O) groups excluding carboxylic acids is 1. The second-order valence-electron chi connectivity index (χ2n) is 7.42. The predicted octanol–water partition coefficient (Wildman–Crippen LogP) is 4.24. The maximum absolute atomic E-state index is 12.8. The molecule has 0 radical (unpaired) electrons. The predicted molar refractivity (Wildman–Crippen MR) is 126 cm³/mol. The van der Waals surface area contributed by atoms with E-state index in [9.17, 15) is 13.2 Å². The summed E-state index contributed by atoms with van der Waals surface area (Å²) in [7, 11) is -1.82. The smallest absolute Gasteiger partial charge is 0.263 e. The molecule has 2 N–H and O–H groups in total. The third-order valence-corrected chi connectivity index (χ3v) is 7.33. The highest BCUT2D eigenvalue weighted by atomic mass is 32.2. The number of hydrogen-bond donors (Lipinski definition) is 2. The van der Waals surface area contributed by atoms with Crippen LogP contribution in [-0.4, -0.2) is 32.8 Å². The van der Waals surface area contributed by atoms with Crippen LogP contribution in [0.25, 0.3) is 0 Å². The Bertz CT molecular complexity index is 1140. The summed E-state index contributed by atoms with van der Waals surface area (Å²) >= 11 is 1.11. The average molecular weight is 458 g/mol. The Morgan fingerprint density at radius 1 is 1.06 bits per heavy atom. The molecule has 0 fully saturated rings. The first-order chi connectivity index (χ1) is 14.8. The summed E-state index contributed by atoms with van der Waals surface area (Å²) in [6.45, 7) is 6.14. The zero-order valence-electron chi connectivity index (χ0n) is 17.9. The van der Waals surface area contributed by atoms with Crippen molar-refractivity contribution in [3.05, 3.63) is 81.5 Å². The minimum atomic E-state index is -3.87.